The number of amides is 1. The molecule has 0 fully saturated rings. The van der Waals surface area contributed by atoms with Crippen LogP contribution in [0.5, 0.6) is 0 Å². The highest BCUT2D eigenvalue weighted by Crippen LogP contribution is 2.35. The summed E-state index contributed by atoms with van der Waals surface area (Å²) in [6, 6.07) is 10.2. The molecule has 31 heavy (non-hydrogen) atoms. The summed E-state index contributed by atoms with van der Waals surface area (Å²) < 4.78 is 2.20. The molecular weight excluding hydrogens is 426 g/mol. The van der Waals surface area contributed by atoms with E-state index >= 15 is 0 Å². The van der Waals surface area contributed by atoms with E-state index in [2.05, 4.69) is 37.6 Å². The fourth-order valence-electron chi connectivity index (χ4n) is 3.96. The smallest absolute Gasteiger partial charge is 0.253 e. The zero-order chi connectivity index (χ0) is 22.5. The zero-order valence-corrected chi connectivity index (χ0v) is 20.6. The number of hydrogen-bond donors (Lipinski definition) is 1. The Morgan fingerprint density at radius 3 is 2.65 bits per heavy atom. The van der Waals surface area contributed by atoms with Crippen LogP contribution in [0.2, 0.25) is 5.02 Å². The van der Waals surface area contributed by atoms with Crippen molar-refractivity contribution < 1.29 is 4.79 Å². The molecule has 4 nitrogen and oxygen atoms in total. The topological polar surface area (TPSA) is 46.9 Å². The molecule has 0 saturated heterocycles. The van der Waals surface area contributed by atoms with Crippen molar-refractivity contribution in [2.24, 2.45) is 0 Å². The van der Waals surface area contributed by atoms with Crippen LogP contribution < -0.4 is 5.32 Å². The van der Waals surface area contributed by atoms with Crippen molar-refractivity contribution in [1.82, 2.24) is 14.9 Å². The Morgan fingerprint density at radius 2 is 2.00 bits per heavy atom. The van der Waals surface area contributed by atoms with Crippen molar-refractivity contribution in [3.8, 4) is 22.0 Å². The molecule has 1 aromatic carbocycles. The van der Waals surface area contributed by atoms with E-state index in [1.807, 2.05) is 42.6 Å². The Hall–Kier alpha value is -2.11. The number of halogens is 1. The van der Waals surface area contributed by atoms with Crippen molar-refractivity contribution in [3.63, 3.8) is 0 Å². The third-order valence-corrected chi connectivity index (χ3v) is 6.86. The van der Waals surface area contributed by atoms with Gasteiger partial charge in [-0.1, -0.05) is 56.5 Å². The van der Waals surface area contributed by atoms with E-state index in [4.69, 9.17) is 16.6 Å². The minimum Gasteiger partial charge on any atom is -0.349 e. The molecule has 0 aliphatic rings. The van der Waals surface area contributed by atoms with Gasteiger partial charge < -0.3 is 9.88 Å². The maximum Gasteiger partial charge on any atom is 0.253 e. The number of aromatic nitrogens is 2. The maximum absolute atomic E-state index is 13.1. The van der Waals surface area contributed by atoms with Gasteiger partial charge in [-0.15, -0.1) is 11.3 Å². The molecule has 1 N–H and O–H groups in total. The van der Waals surface area contributed by atoms with Crippen LogP contribution >= 0.6 is 22.9 Å². The lowest BCUT2D eigenvalue weighted by molar-refractivity contribution is 0.0932. The van der Waals surface area contributed by atoms with Crippen LogP contribution in [0, 0.1) is 6.92 Å². The monoisotopic (exact) mass is 457 g/mol. The molecule has 1 amide bonds. The van der Waals surface area contributed by atoms with Gasteiger partial charge in [-0.3, -0.25) is 4.79 Å². The first-order valence-electron chi connectivity index (χ1n) is 11.1. The molecule has 6 heteroatoms. The minimum absolute atomic E-state index is 0.00246. The Balaban J connectivity index is 1.95. The lowest BCUT2D eigenvalue weighted by atomic mass is 10.1. The van der Waals surface area contributed by atoms with Crippen LogP contribution in [0.3, 0.4) is 0 Å². The van der Waals surface area contributed by atoms with Gasteiger partial charge in [-0.25, -0.2) is 4.98 Å². The first-order valence-corrected chi connectivity index (χ1v) is 12.4. The molecule has 0 radical (unpaired) electrons. The molecule has 2 aromatic heterocycles. The number of thiazole rings is 1. The van der Waals surface area contributed by atoms with Gasteiger partial charge in [0.2, 0.25) is 0 Å². The number of hydrogen-bond acceptors (Lipinski definition) is 3. The number of benzene rings is 1. The summed E-state index contributed by atoms with van der Waals surface area (Å²) in [6.45, 7) is 10.6. The molecule has 1 atom stereocenters. The van der Waals surface area contributed by atoms with Gasteiger partial charge in [0, 0.05) is 28.7 Å². The Labute approximate surface area is 194 Å². The van der Waals surface area contributed by atoms with Gasteiger partial charge in [0.05, 0.1) is 22.0 Å². The molecular formula is C25H32ClN3OS. The molecule has 3 aromatic rings. The van der Waals surface area contributed by atoms with Crippen LogP contribution in [-0.2, 0) is 0 Å². The van der Waals surface area contributed by atoms with E-state index in [1.54, 1.807) is 11.3 Å². The first-order chi connectivity index (χ1) is 14.9. The van der Waals surface area contributed by atoms with Crippen molar-refractivity contribution in [1.29, 1.82) is 0 Å². The second-order valence-electron chi connectivity index (χ2n) is 8.23. The van der Waals surface area contributed by atoms with E-state index < -0.39 is 0 Å². The van der Waals surface area contributed by atoms with Crippen LogP contribution in [0.1, 0.15) is 75.5 Å². The van der Waals surface area contributed by atoms with Crippen LogP contribution in [0.15, 0.2) is 35.7 Å². The highest BCUT2D eigenvalue weighted by molar-refractivity contribution is 7.13. The molecule has 0 aliphatic heterocycles. The third-order valence-electron chi connectivity index (χ3n) is 5.66. The van der Waals surface area contributed by atoms with Crippen molar-refractivity contribution >= 4 is 28.8 Å². The summed E-state index contributed by atoms with van der Waals surface area (Å²) in [5.74, 6) is 0.00246. The molecule has 2 heterocycles. The summed E-state index contributed by atoms with van der Waals surface area (Å²) in [4.78, 5) is 18.0. The SMILES string of the molecule is CCCCC(CC)NC(=O)c1cc(-c2csc(-c3ccccc3Cl)n2)n(C(C)C)c1C. The molecule has 0 spiro atoms. The lowest BCUT2D eigenvalue weighted by Gasteiger charge is -2.17. The molecule has 166 valence electrons. The Bertz CT molecular complexity index is 1040. The summed E-state index contributed by atoms with van der Waals surface area (Å²) in [6.07, 6.45) is 4.22. The van der Waals surface area contributed by atoms with Gasteiger partial charge in [0.15, 0.2) is 0 Å². The van der Waals surface area contributed by atoms with Gasteiger partial charge in [0.1, 0.15) is 5.01 Å². The zero-order valence-electron chi connectivity index (χ0n) is 19.0. The molecule has 0 saturated carbocycles. The van der Waals surface area contributed by atoms with Crippen LogP contribution in [0.25, 0.3) is 22.0 Å². The number of nitrogens with one attached hydrogen (secondary N) is 1. The molecule has 3 rings (SSSR count). The van der Waals surface area contributed by atoms with Gasteiger partial charge in [-0.05, 0) is 45.7 Å². The number of unbranched alkanes of at least 4 members (excludes halogenated alkanes) is 1. The van der Waals surface area contributed by atoms with Crippen molar-refractivity contribution in [2.75, 3.05) is 0 Å². The summed E-state index contributed by atoms with van der Waals surface area (Å²) >= 11 is 7.94. The van der Waals surface area contributed by atoms with E-state index in [9.17, 15) is 4.79 Å². The normalized spacial score (nSPS) is 12.4. The highest BCUT2D eigenvalue weighted by atomic mass is 35.5. The van der Waals surface area contributed by atoms with Crippen molar-refractivity contribution in [3.05, 3.63) is 52.0 Å². The highest BCUT2D eigenvalue weighted by Gasteiger charge is 2.23. The first kappa shape index (κ1) is 23.6. The van der Waals surface area contributed by atoms with E-state index in [1.165, 1.54) is 0 Å². The largest absolute Gasteiger partial charge is 0.349 e. The second-order valence-corrected chi connectivity index (χ2v) is 9.50. The van der Waals surface area contributed by atoms with E-state index in [0.29, 0.717) is 5.02 Å². The third kappa shape index (κ3) is 5.21. The van der Waals surface area contributed by atoms with Crippen molar-refractivity contribution in [2.45, 2.75) is 72.4 Å². The molecule has 1 unspecified atom stereocenters. The average Bonchev–Trinajstić information content (AvgIpc) is 3.36. The van der Waals surface area contributed by atoms with Crippen LogP contribution in [-0.4, -0.2) is 21.5 Å². The fraction of sp³-hybridized carbons (Fsp3) is 0.440. The standard InChI is InChI=1S/C25H32ClN3OS/c1-6-8-11-18(7-2)27-24(30)20-14-23(29(16(3)4)17(20)5)22-15-31-25(28-22)19-12-9-10-13-21(19)26/h9-10,12-16,18H,6-8,11H2,1-5H3,(H,27,30). The maximum atomic E-state index is 13.1. The van der Waals surface area contributed by atoms with Gasteiger partial charge in [0.25, 0.3) is 5.91 Å². The number of carbonyl (C=O) groups is 1. The average molecular weight is 458 g/mol. The lowest BCUT2D eigenvalue weighted by Crippen LogP contribution is -2.34. The number of nitrogens with zero attached hydrogens (tertiary/aromatic N) is 2. The quantitative estimate of drug-likeness (QED) is 0.361. The minimum atomic E-state index is 0.00246. The molecule has 0 aliphatic carbocycles. The number of carbonyl (C=O) groups excluding carboxylic acids is 1. The van der Waals surface area contributed by atoms with Crippen LogP contribution in [0.4, 0.5) is 0 Å². The second kappa shape index (κ2) is 10.5. The summed E-state index contributed by atoms with van der Waals surface area (Å²) in [5.41, 5.74) is 4.47. The Morgan fingerprint density at radius 1 is 1.26 bits per heavy atom. The number of rotatable bonds is 9. The summed E-state index contributed by atoms with van der Waals surface area (Å²) in [5, 5.41) is 6.86. The Kier molecular flexibility index (Phi) is 7.95. The van der Waals surface area contributed by atoms with E-state index in [0.717, 1.165) is 58.9 Å². The van der Waals surface area contributed by atoms with Gasteiger partial charge in [-0.2, -0.15) is 0 Å². The predicted molar refractivity (Wildman–Crippen MR) is 132 cm³/mol. The van der Waals surface area contributed by atoms with Gasteiger partial charge >= 0.3 is 0 Å². The predicted octanol–water partition coefficient (Wildman–Crippen LogP) is 7.52. The molecule has 0 bridgehead atoms. The van der Waals surface area contributed by atoms with E-state index in [-0.39, 0.29) is 18.0 Å². The summed E-state index contributed by atoms with van der Waals surface area (Å²) in [7, 11) is 0. The fourth-order valence-corrected chi connectivity index (χ4v) is 5.09.